The first-order valence-electron chi connectivity index (χ1n) is 5.72. The third-order valence-corrected chi connectivity index (χ3v) is 5.27. The maximum atomic E-state index is 12.0. The molecule has 0 aromatic carbocycles. The van der Waals surface area contributed by atoms with Crippen molar-refractivity contribution < 1.29 is 4.21 Å². The maximum Gasteiger partial charge on any atom is 0.0388 e. The Bertz CT molecular complexity index is 194. The van der Waals surface area contributed by atoms with Gasteiger partial charge in [-0.25, -0.2) is 0 Å². The Balaban J connectivity index is 2.50. The normalized spacial score (nSPS) is 30.6. The van der Waals surface area contributed by atoms with Crippen molar-refractivity contribution in [2.24, 2.45) is 17.6 Å². The minimum absolute atomic E-state index is 0.385. The molecule has 0 bridgehead atoms. The fourth-order valence-corrected chi connectivity index (χ4v) is 4.25. The van der Waals surface area contributed by atoms with E-state index in [1.54, 1.807) is 0 Å². The zero-order valence-electron chi connectivity index (χ0n) is 9.37. The van der Waals surface area contributed by atoms with Crippen molar-refractivity contribution >= 4 is 10.8 Å². The monoisotopic (exact) mass is 217 g/mol. The van der Waals surface area contributed by atoms with Gasteiger partial charge in [0, 0.05) is 21.8 Å². The van der Waals surface area contributed by atoms with Crippen LogP contribution in [0.15, 0.2) is 0 Å². The van der Waals surface area contributed by atoms with E-state index in [4.69, 9.17) is 5.73 Å². The van der Waals surface area contributed by atoms with Gasteiger partial charge in [-0.1, -0.05) is 26.7 Å². The fourth-order valence-electron chi connectivity index (χ4n) is 2.24. The van der Waals surface area contributed by atoms with Gasteiger partial charge in [0.05, 0.1) is 0 Å². The molecule has 0 heterocycles. The van der Waals surface area contributed by atoms with Gasteiger partial charge in [0.25, 0.3) is 0 Å². The highest BCUT2D eigenvalue weighted by Gasteiger charge is 2.28. The molecule has 14 heavy (non-hydrogen) atoms. The van der Waals surface area contributed by atoms with Gasteiger partial charge in [0.15, 0.2) is 0 Å². The van der Waals surface area contributed by atoms with Crippen LogP contribution in [0.5, 0.6) is 0 Å². The Morgan fingerprint density at radius 2 is 2.00 bits per heavy atom. The second kappa shape index (κ2) is 5.86. The average Bonchev–Trinajstić information content (AvgIpc) is 2.16. The lowest BCUT2D eigenvalue weighted by Gasteiger charge is -2.30. The van der Waals surface area contributed by atoms with Crippen LogP contribution in [0.1, 0.15) is 39.5 Å². The van der Waals surface area contributed by atoms with Crippen LogP contribution in [0.25, 0.3) is 0 Å². The summed E-state index contributed by atoms with van der Waals surface area (Å²) < 4.78 is 12.0. The van der Waals surface area contributed by atoms with Crippen LogP contribution in [0.3, 0.4) is 0 Å². The summed E-state index contributed by atoms with van der Waals surface area (Å²) in [5, 5.41) is 0.385. The lowest BCUT2D eigenvalue weighted by atomic mass is 9.89. The third-order valence-electron chi connectivity index (χ3n) is 2.98. The van der Waals surface area contributed by atoms with Crippen molar-refractivity contribution in [2.75, 3.05) is 12.3 Å². The molecule has 2 N–H and O–H groups in total. The quantitative estimate of drug-likeness (QED) is 0.781. The summed E-state index contributed by atoms with van der Waals surface area (Å²) in [4.78, 5) is 0. The smallest absolute Gasteiger partial charge is 0.0388 e. The van der Waals surface area contributed by atoms with E-state index < -0.39 is 10.8 Å². The number of hydrogen-bond donors (Lipinski definition) is 1. The van der Waals surface area contributed by atoms with Gasteiger partial charge in [0.2, 0.25) is 0 Å². The minimum atomic E-state index is -0.647. The molecule has 3 unspecified atom stereocenters. The van der Waals surface area contributed by atoms with Crippen molar-refractivity contribution in [3.63, 3.8) is 0 Å². The Morgan fingerprint density at radius 3 is 2.57 bits per heavy atom. The molecule has 1 saturated carbocycles. The van der Waals surface area contributed by atoms with Gasteiger partial charge in [-0.15, -0.1) is 0 Å². The van der Waals surface area contributed by atoms with Gasteiger partial charge in [-0.3, -0.25) is 4.21 Å². The van der Waals surface area contributed by atoms with Crippen LogP contribution >= 0.6 is 0 Å². The molecule has 0 saturated heterocycles. The molecule has 84 valence electrons. The molecule has 1 aliphatic rings. The van der Waals surface area contributed by atoms with Crippen LogP contribution in [0.4, 0.5) is 0 Å². The Kier molecular flexibility index (Phi) is 5.10. The summed E-state index contributed by atoms with van der Waals surface area (Å²) in [6, 6.07) is 0. The molecule has 1 rings (SSSR count). The highest BCUT2D eigenvalue weighted by atomic mass is 32.2. The largest absolute Gasteiger partial charge is 0.330 e. The molecule has 0 aromatic heterocycles. The van der Waals surface area contributed by atoms with Crippen molar-refractivity contribution in [1.29, 1.82) is 0 Å². The molecule has 0 radical (unpaired) electrons. The van der Waals surface area contributed by atoms with Crippen LogP contribution in [-0.4, -0.2) is 21.8 Å². The predicted octanol–water partition coefficient (Wildman–Crippen LogP) is 1.91. The van der Waals surface area contributed by atoms with E-state index in [9.17, 15) is 4.21 Å². The third kappa shape index (κ3) is 3.35. The summed E-state index contributed by atoms with van der Waals surface area (Å²) in [5.41, 5.74) is 5.73. The van der Waals surface area contributed by atoms with Gasteiger partial charge >= 0.3 is 0 Å². The zero-order chi connectivity index (χ0) is 10.6. The maximum absolute atomic E-state index is 12.0. The number of rotatable bonds is 4. The minimum Gasteiger partial charge on any atom is -0.330 e. The molecular weight excluding hydrogens is 194 g/mol. The molecule has 1 fully saturated rings. The second-order valence-corrected chi connectivity index (χ2v) is 6.46. The van der Waals surface area contributed by atoms with E-state index in [-0.39, 0.29) is 0 Å². The Hall–Kier alpha value is 0.110. The Morgan fingerprint density at radius 1 is 1.36 bits per heavy atom. The van der Waals surface area contributed by atoms with E-state index in [1.807, 2.05) is 0 Å². The van der Waals surface area contributed by atoms with Gasteiger partial charge in [-0.05, 0) is 31.2 Å². The molecule has 1 aliphatic carbocycles. The topological polar surface area (TPSA) is 43.1 Å². The van der Waals surface area contributed by atoms with Crippen molar-refractivity contribution in [2.45, 2.75) is 44.8 Å². The summed E-state index contributed by atoms with van der Waals surface area (Å²) in [6.45, 7) is 4.99. The molecular formula is C11H23NOS. The van der Waals surface area contributed by atoms with Gasteiger partial charge in [0.1, 0.15) is 0 Å². The molecule has 3 atom stereocenters. The molecule has 2 nitrogen and oxygen atoms in total. The first-order valence-corrected chi connectivity index (χ1v) is 7.10. The average molecular weight is 217 g/mol. The van der Waals surface area contributed by atoms with E-state index >= 15 is 0 Å². The van der Waals surface area contributed by atoms with Crippen molar-refractivity contribution in [3.8, 4) is 0 Å². The highest BCUT2D eigenvalue weighted by molar-refractivity contribution is 7.85. The first kappa shape index (κ1) is 12.2. The number of nitrogens with two attached hydrogens (primary N) is 1. The van der Waals surface area contributed by atoms with Crippen LogP contribution in [0, 0.1) is 11.8 Å². The molecule has 0 aromatic rings. The standard InChI is InChI=1S/C11H23NOS/c1-9(2)8-14(13)11-6-4-3-5-10(11)7-12/h9-11H,3-8,12H2,1-2H3. The van der Waals surface area contributed by atoms with Crippen LogP contribution in [-0.2, 0) is 10.8 Å². The fraction of sp³-hybridized carbons (Fsp3) is 1.00. The molecule has 0 spiro atoms. The molecule has 3 heteroatoms. The van der Waals surface area contributed by atoms with Crippen LogP contribution in [0.2, 0.25) is 0 Å². The highest BCUT2D eigenvalue weighted by Crippen LogP contribution is 2.28. The van der Waals surface area contributed by atoms with Crippen molar-refractivity contribution in [1.82, 2.24) is 0 Å². The van der Waals surface area contributed by atoms with E-state index in [0.29, 0.717) is 23.6 Å². The first-order chi connectivity index (χ1) is 6.65. The zero-order valence-corrected chi connectivity index (χ0v) is 10.2. The van der Waals surface area contributed by atoms with Crippen molar-refractivity contribution in [3.05, 3.63) is 0 Å². The number of hydrogen-bond acceptors (Lipinski definition) is 2. The summed E-state index contributed by atoms with van der Waals surface area (Å²) >= 11 is 0. The van der Waals surface area contributed by atoms with E-state index in [2.05, 4.69) is 13.8 Å². The van der Waals surface area contributed by atoms with Gasteiger partial charge in [-0.2, -0.15) is 0 Å². The predicted molar refractivity (Wildman–Crippen MR) is 62.6 cm³/mol. The lowest BCUT2D eigenvalue weighted by Crippen LogP contribution is -2.35. The van der Waals surface area contributed by atoms with Gasteiger partial charge < -0.3 is 5.73 Å². The van der Waals surface area contributed by atoms with Crippen LogP contribution < -0.4 is 5.73 Å². The molecule has 0 aliphatic heterocycles. The summed E-state index contributed by atoms with van der Waals surface area (Å²) in [5.74, 6) is 1.90. The lowest BCUT2D eigenvalue weighted by molar-refractivity contribution is 0.371. The van der Waals surface area contributed by atoms with E-state index in [1.165, 1.54) is 19.3 Å². The SMILES string of the molecule is CC(C)CS(=O)C1CCCCC1CN. The second-order valence-electron chi connectivity index (χ2n) is 4.76. The summed E-state index contributed by atoms with van der Waals surface area (Å²) in [6.07, 6.45) is 4.83. The summed E-state index contributed by atoms with van der Waals surface area (Å²) in [7, 11) is -0.647. The van der Waals surface area contributed by atoms with E-state index in [0.717, 1.165) is 12.2 Å². The molecule has 0 amide bonds. The Labute approximate surface area is 90.1 Å².